The van der Waals surface area contributed by atoms with E-state index in [0.717, 1.165) is 0 Å². The van der Waals surface area contributed by atoms with Crippen LogP contribution >= 0.6 is 0 Å². The first-order chi connectivity index (χ1) is 13.1. The van der Waals surface area contributed by atoms with Crippen LogP contribution in [0.3, 0.4) is 0 Å². The van der Waals surface area contributed by atoms with Gasteiger partial charge in [0.2, 0.25) is 0 Å². The van der Waals surface area contributed by atoms with Crippen molar-refractivity contribution >= 4 is 11.1 Å². The van der Waals surface area contributed by atoms with Gasteiger partial charge in [0.25, 0.3) is 0 Å². The minimum Gasteiger partial charge on any atom is -0.0620 e. The first-order valence-electron chi connectivity index (χ1n) is 10.1. The van der Waals surface area contributed by atoms with Crippen LogP contribution in [0.2, 0.25) is 0 Å². The number of rotatable bonds is 0. The average molecular weight is 351 g/mol. The quantitative estimate of drug-likeness (QED) is 0.415. The Labute approximate surface area is 162 Å². The van der Waals surface area contributed by atoms with E-state index in [4.69, 9.17) is 0 Å². The molecular formula is C27H26. The van der Waals surface area contributed by atoms with E-state index in [2.05, 4.69) is 93.6 Å². The van der Waals surface area contributed by atoms with Gasteiger partial charge in [0, 0.05) is 5.41 Å². The van der Waals surface area contributed by atoms with Crippen LogP contribution < -0.4 is 0 Å². The van der Waals surface area contributed by atoms with E-state index in [1.165, 1.54) is 57.4 Å². The zero-order valence-electron chi connectivity index (χ0n) is 16.4. The molecule has 0 unspecified atom stereocenters. The van der Waals surface area contributed by atoms with Crippen molar-refractivity contribution in [2.45, 2.75) is 39.0 Å². The molecule has 0 aliphatic heterocycles. The maximum absolute atomic E-state index is 2.41. The smallest absolute Gasteiger partial charge is 0.0158 e. The topological polar surface area (TPSA) is 0 Å². The Kier molecular flexibility index (Phi) is 3.65. The fourth-order valence-electron chi connectivity index (χ4n) is 5.24. The maximum Gasteiger partial charge on any atom is 0.0158 e. The van der Waals surface area contributed by atoms with Crippen molar-refractivity contribution in [3.63, 3.8) is 0 Å². The number of allylic oxidation sites excluding steroid dienone is 1. The zero-order valence-corrected chi connectivity index (χ0v) is 16.4. The summed E-state index contributed by atoms with van der Waals surface area (Å²) in [6.45, 7) is 7.14. The molecule has 0 fully saturated rings. The van der Waals surface area contributed by atoms with Crippen LogP contribution in [0, 0.1) is 5.92 Å². The van der Waals surface area contributed by atoms with E-state index in [-0.39, 0.29) is 5.41 Å². The second-order valence-corrected chi connectivity index (χ2v) is 8.60. The Morgan fingerprint density at radius 1 is 0.704 bits per heavy atom. The van der Waals surface area contributed by atoms with E-state index in [9.17, 15) is 0 Å². The lowest BCUT2D eigenvalue weighted by Gasteiger charge is -2.39. The molecule has 1 atom stereocenters. The zero-order chi connectivity index (χ0) is 18.6. The summed E-state index contributed by atoms with van der Waals surface area (Å²) in [5.41, 5.74) is 11.7. The standard InChI is InChI=1S/C27H26/c1-18-16-17-19-10-4-5-11-20(19)25(18)26-21-12-6-8-14-23(21)27(2,3)24-15-9-7-13-22(24)26/h4-15,18H,16-17H2,1-3H3/t18-/m0/s1. The van der Waals surface area contributed by atoms with Crippen molar-refractivity contribution < 1.29 is 0 Å². The van der Waals surface area contributed by atoms with Gasteiger partial charge in [-0.05, 0) is 63.3 Å². The van der Waals surface area contributed by atoms with E-state index >= 15 is 0 Å². The molecule has 0 aromatic heterocycles. The summed E-state index contributed by atoms with van der Waals surface area (Å²) in [4.78, 5) is 0. The molecular weight excluding hydrogens is 324 g/mol. The van der Waals surface area contributed by atoms with Crippen LogP contribution in [-0.2, 0) is 11.8 Å². The molecule has 0 heterocycles. The van der Waals surface area contributed by atoms with Gasteiger partial charge < -0.3 is 0 Å². The first-order valence-corrected chi connectivity index (χ1v) is 10.1. The van der Waals surface area contributed by atoms with Crippen LogP contribution in [0.15, 0.2) is 72.8 Å². The maximum atomic E-state index is 2.41. The lowest BCUT2D eigenvalue weighted by Crippen LogP contribution is -2.27. The molecule has 0 radical (unpaired) electrons. The highest BCUT2D eigenvalue weighted by molar-refractivity contribution is 6.03. The van der Waals surface area contributed by atoms with Crippen molar-refractivity contribution in [1.29, 1.82) is 0 Å². The molecule has 0 saturated heterocycles. The van der Waals surface area contributed by atoms with E-state index in [1.54, 1.807) is 0 Å². The highest BCUT2D eigenvalue weighted by Crippen LogP contribution is 2.51. The molecule has 134 valence electrons. The van der Waals surface area contributed by atoms with E-state index < -0.39 is 0 Å². The third kappa shape index (κ3) is 2.36. The number of benzene rings is 3. The number of aryl methyl sites for hydroxylation is 1. The molecule has 2 aliphatic carbocycles. The van der Waals surface area contributed by atoms with Gasteiger partial charge in [-0.1, -0.05) is 93.6 Å². The molecule has 0 bridgehead atoms. The molecule has 0 saturated carbocycles. The van der Waals surface area contributed by atoms with Gasteiger partial charge >= 0.3 is 0 Å². The highest BCUT2D eigenvalue weighted by Gasteiger charge is 2.37. The molecule has 0 nitrogen and oxygen atoms in total. The third-order valence-electron chi connectivity index (χ3n) is 6.66. The lowest BCUT2D eigenvalue weighted by atomic mass is 9.64. The minimum atomic E-state index is 0.0225. The Hall–Kier alpha value is -2.60. The van der Waals surface area contributed by atoms with Crippen LogP contribution in [0.4, 0.5) is 0 Å². The summed E-state index contributed by atoms with van der Waals surface area (Å²) in [5.74, 6) is 0.567. The van der Waals surface area contributed by atoms with Crippen LogP contribution in [0.1, 0.15) is 60.6 Å². The van der Waals surface area contributed by atoms with Crippen molar-refractivity contribution in [1.82, 2.24) is 0 Å². The number of fused-ring (bicyclic) bond motifs is 3. The van der Waals surface area contributed by atoms with Gasteiger partial charge in [-0.3, -0.25) is 0 Å². The Morgan fingerprint density at radius 2 is 1.22 bits per heavy atom. The fourth-order valence-corrected chi connectivity index (χ4v) is 5.24. The van der Waals surface area contributed by atoms with Gasteiger partial charge in [-0.15, -0.1) is 0 Å². The molecule has 2 aliphatic rings. The summed E-state index contributed by atoms with van der Waals surface area (Å²) < 4.78 is 0. The molecule has 0 spiro atoms. The summed E-state index contributed by atoms with van der Waals surface area (Å²) in [5, 5.41) is 0. The van der Waals surface area contributed by atoms with Crippen molar-refractivity contribution in [3.05, 3.63) is 106 Å². The monoisotopic (exact) mass is 350 g/mol. The summed E-state index contributed by atoms with van der Waals surface area (Å²) in [6, 6.07) is 27.1. The van der Waals surface area contributed by atoms with Crippen LogP contribution in [0.25, 0.3) is 11.1 Å². The van der Waals surface area contributed by atoms with Crippen LogP contribution in [0.5, 0.6) is 0 Å². The molecule has 0 amide bonds. The lowest BCUT2D eigenvalue weighted by molar-refractivity contribution is 0.625. The molecule has 27 heavy (non-hydrogen) atoms. The predicted molar refractivity (Wildman–Crippen MR) is 115 cm³/mol. The SMILES string of the molecule is C[C@H]1CCc2ccccc2C1=C1c2ccccc2C(C)(C)c2ccccc21. The van der Waals surface area contributed by atoms with E-state index in [1.807, 2.05) is 0 Å². The molecule has 0 heteroatoms. The van der Waals surface area contributed by atoms with Crippen molar-refractivity contribution in [2.24, 2.45) is 5.92 Å². The number of hydrogen-bond donors (Lipinski definition) is 0. The molecule has 0 N–H and O–H groups in total. The molecule has 3 aromatic rings. The second kappa shape index (κ2) is 5.96. The average Bonchev–Trinajstić information content (AvgIpc) is 2.70. The van der Waals surface area contributed by atoms with Gasteiger partial charge in [-0.25, -0.2) is 0 Å². The fraction of sp³-hybridized carbons (Fsp3) is 0.259. The summed E-state index contributed by atoms with van der Waals surface area (Å²) in [6.07, 6.45) is 2.41. The largest absolute Gasteiger partial charge is 0.0620 e. The van der Waals surface area contributed by atoms with Gasteiger partial charge in [0.1, 0.15) is 0 Å². The van der Waals surface area contributed by atoms with E-state index in [0.29, 0.717) is 5.92 Å². The first kappa shape index (κ1) is 16.6. The predicted octanol–water partition coefficient (Wildman–Crippen LogP) is 6.87. The summed E-state index contributed by atoms with van der Waals surface area (Å²) in [7, 11) is 0. The third-order valence-corrected chi connectivity index (χ3v) is 6.66. The van der Waals surface area contributed by atoms with Gasteiger partial charge in [0.05, 0.1) is 0 Å². The van der Waals surface area contributed by atoms with Crippen LogP contribution in [-0.4, -0.2) is 0 Å². The second-order valence-electron chi connectivity index (χ2n) is 8.60. The minimum absolute atomic E-state index is 0.0225. The Balaban J connectivity index is 1.93. The summed E-state index contributed by atoms with van der Waals surface area (Å²) >= 11 is 0. The highest BCUT2D eigenvalue weighted by atomic mass is 14.4. The molecule has 5 rings (SSSR count). The molecule has 3 aromatic carbocycles. The van der Waals surface area contributed by atoms with Gasteiger partial charge in [-0.2, -0.15) is 0 Å². The van der Waals surface area contributed by atoms with Gasteiger partial charge in [0.15, 0.2) is 0 Å². The Bertz CT molecular complexity index is 1010. The normalized spacial score (nSPS) is 19.9. The number of hydrogen-bond acceptors (Lipinski definition) is 0. The van der Waals surface area contributed by atoms with Crippen molar-refractivity contribution in [3.8, 4) is 0 Å². The Morgan fingerprint density at radius 3 is 1.85 bits per heavy atom. The van der Waals surface area contributed by atoms with Crippen molar-refractivity contribution in [2.75, 3.05) is 0 Å².